The fourth-order valence-electron chi connectivity index (χ4n) is 2.02. The molecular formula is C14H22ClNO3S. The van der Waals surface area contributed by atoms with Gasteiger partial charge in [-0.05, 0) is 50.2 Å². The number of likely N-dealkylation sites (N-methyl/N-ethyl adjacent to an activating group) is 1. The second kappa shape index (κ2) is 7.29. The summed E-state index contributed by atoms with van der Waals surface area (Å²) in [7, 11) is 1.69. The van der Waals surface area contributed by atoms with Crippen molar-refractivity contribution in [3.05, 3.63) is 23.3 Å². The van der Waals surface area contributed by atoms with Crippen LogP contribution in [-0.4, -0.2) is 39.6 Å². The predicted molar refractivity (Wildman–Crippen MR) is 82.2 cm³/mol. The fraction of sp³-hybridized carbons (Fsp3) is 0.571. The lowest BCUT2D eigenvalue weighted by atomic mass is 10.1. The molecule has 0 aliphatic rings. The minimum absolute atomic E-state index is 0.146. The highest BCUT2D eigenvalue weighted by Crippen LogP contribution is 2.28. The summed E-state index contributed by atoms with van der Waals surface area (Å²) in [5.41, 5.74) is 1.45. The average molecular weight is 320 g/mol. The van der Waals surface area contributed by atoms with E-state index in [4.69, 9.17) is 15.4 Å². The van der Waals surface area contributed by atoms with Gasteiger partial charge in [0.05, 0.1) is 4.90 Å². The van der Waals surface area contributed by atoms with Crippen LogP contribution in [0.1, 0.15) is 25.0 Å². The average Bonchev–Trinajstić information content (AvgIpc) is 2.38. The first-order valence-electron chi connectivity index (χ1n) is 6.71. The summed E-state index contributed by atoms with van der Waals surface area (Å²) < 4.78 is 28.6. The zero-order valence-corrected chi connectivity index (χ0v) is 14.0. The third kappa shape index (κ3) is 4.36. The first-order chi connectivity index (χ1) is 9.31. The Morgan fingerprint density at radius 2 is 1.75 bits per heavy atom. The molecule has 0 fully saturated rings. The van der Waals surface area contributed by atoms with Gasteiger partial charge in [-0.2, -0.15) is 0 Å². The van der Waals surface area contributed by atoms with Crippen molar-refractivity contribution in [3.8, 4) is 5.75 Å². The van der Waals surface area contributed by atoms with Gasteiger partial charge in [0.2, 0.25) is 0 Å². The van der Waals surface area contributed by atoms with Crippen molar-refractivity contribution < 1.29 is 13.2 Å². The van der Waals surface area contributed by atoms with Crippen molar-refractivity contribution in [1.82, 2.24) is 4.90 Å². The van der Waals surface area contributed by atoms with Gasteiger partial charge in [0, 0.05) is 17.2 Å². The maximum Gasteiger partial charge on any atom is 0.261 e. The van der Waals surface area contributed by atoms with Gasteiger partial charge in [-0.15, -0.1) is 0 Å². The molecule has 0 saturated carbocycles. The van der Waals surface area contributed by atoms with E-state index in [2.05, 4.69) is 18.7 Å². The van der Waals surface area contributed by atoms with Crippen molar-refractivity contribution >= 4 is 19.7 Å². The highest BCUT2D eigenvalue weighted by Gasteiger charge is 2.17. The molecule has 0 bridgehead atoms. The molecule has 0 aromatic heterocycles. The van der Waals surface area contributed by atoms with E-state index in [1.807, 2.05) is 6.92 Å². The molecule has 0 amide bonds. The first kappa shape index (κ1) is 17.3. The van der Waals surface area contributed by atoms with Crippen LogP contribution in [0.5, 0.6) is 5.75 Å². The summed E-state index contributed by atoms with van der Waals surface area (Å²) in [6.45, 7) is 11.2. The van der Waals surface area contributed by atoms with Crippen LogP contribution in [-0.2, 0) is 9.05 Å². The Kier molecular flexibility index (Phi) is 6.30. The monoisotopic (exact) mass is 319 g/mol. The van der Waals surface area contributed by atoms with Crippen molar-refractivity contribution in [1.29, 1.82) is 0 Å². The van der Waals surface area contributed by atoms with Crippen LogP contribution in [0.2, 0.25) is 0 Å². The Morgan fingerprint density at radius 3 is 2.25 bits per heavy atom. The summed E-state index contributed by atoms with van der Waals surface area (Å²) in [5.74, 6) is 0.707. The van der Waals surface area contributed by atoms with E-state index in [-0.39, 0.29) is 4.90 Å². The van der Waals surface area contributed by atoms with E-state index in [9.17, 15) is 8.42 Å². The molecule has 1 rings (SSSR count). The second-order valence-corrected chi connectivity index (χ2v) is 7.16. The maximum absolute atomic E-state index is 11.4. The third-order valence-electron chi connectivity index (χ3n) is 3.51. The number of rotatable bonds is 7. The van der Waals surface area contributed by atoms with Crippen LogP contribution in [0.4, 0.5) is 0 Å². The molecule has 0 heterocycles. The van der Waals surface area contributed by atoms with Crippen LogP contribution in [0.25, 0.3) is 0 Å². The Hall–Kier alpha value is -0.780. The van der Waals surface area contributed by atoms with Crippen LogP contribution >= 0.6 is 10.7 Å². The predicted octanol–water partition coefficient (Wildman–Crippen LogP) is 2.95. The van der Waals surface area contributed by atoms with Gasteiger partial charge in [-0.25, -0.2) is 8.42 Å². The summed E-state index contributed by atoms with van der Waals surface area (Å²) in [6, 6.07) is 3.16. The van der Waals surface area contributed by atoms with Crippen molar-refractivity contribution in [2.75, 3.05) is 26.2 Å². The molecule has 0 saturated heterocycles. The topological polar surface area (TPSA) is 46.6 Å². The lowest BCUT2D eigenvalue weighted by Crippen LogP contribution is -2.28. The molecule has 1 aromatic rings. The smallest absolute Gasteiger partial charge is 0.261 e. The first-order valence-corrected chi connectivity index (χ1v) is 9.02. The summed E-state index contributed by atoms with van der Waals surface area (Å²) in [5, 5.41) is 0. The summed E-state index contributed by atoms with van der Waals surface area (Å²) in [4.78, 5) is 2.41. The quantitative estimate of drug-likeness (QED) is 0.725. The molecule has 0 unspecified atom stereocenters. The SMILES string of the molecule is CCN(CC)CCOc1ccc(S(=O)(=O)Cl)c(C)c1C. The van der Waals surface area contributed by atoms with E-state index in [0.29, 0.717) is 17.9 Å². The highest BCUT2D eigenvalue weighted by atomic mass is 35.7. The van der Waals surface area contributed by atoms with Gasteiger partial charge in [-0.3, -0.25) is 0 Å². The summed E-state index contributed by atoms with van der Waals surface area (Å²) >= 11 is 0. The highest BCUT2D eigenvalue weighted by molar-refractivity contribution is 8.13. The number of benzene rings is 1. The number of ether oxygens (including phenoxy) is 1. The molecule has 0 spiro atoms. The number of hydrogen-bond acceptors (Lipinski definition) is 4. The zero-order chi connectivity index (χ0) is 15.3. The molecular weight excluding hydrogens is 298 g/mol. The lowest BCUT2D eigenvalue weighted by Gasteiger charge is -2.19. The van der Waals surface area contributed by atoms with Crippen molar-refractivity contribution in [2.45, 2.75) is 32.6 Å². The molecule has 0 radical (unpaired) electrons. The zero-order valence-electron chi connectivity index (χ0n) is 12.4. The van der Waals surface area contributed by atoms with E-state index in [1.54, 1.807) is 13.0 Å². The third-order valence-corrected chi connectivity index (χ3v) is 4.98. The van der Waals surface area contributed by atoms with Gasteiger partial charge in [-0.1, -0.05) is 13.8 Å². The normalized spacial score (nSPS) is 11.9. The van der Waals surface area contributed by atoms with Crippen LogP contribution in [0.3, 0.4) is 0 Å². The molecule has 1 aromatic carbocycles. The Balaban J connectivity index is 2.81. The Labute approximate surface area is 126 Å². The van der Waals surface area contributed by atoms with Gasteiger partial charge < -0.3 is 9.64 Å². The minimum atomic E-state index is -3.71. The Morgan fingerprint density at radius 1 is 1.15 bits per heavy atom. The molecule has 114 valence electrons. The molecule has 0 atom stereocenters. The fourth-order valence-corrected chi connectivity index (χ4v) is 3.27. The van der Waals surface area contributed by atoms with Gasteiger partial charge >= 0.3 is 0 Å². The largest absolute Gasteiger partial charge is 0.492 e. The molecule has 20 heavy (non-hydrogen) atoms. The number of nitrogens with zero attached hydrogens (tertiary/aromatic N) is 1. The van der Waals surface area contributed by atoms with Crippen molar-refractivity contribution in [2.24, 2.45) is 0 Å². The van der Waals surface area contributed by atoms with Crippen molar-refractivity contribution in [3.63, 3.8) is 0 Å². The molecule has 0 aliphatic heterocycles. The standard InChI is InChI=1S/C14H22ClNO3S/c1-5-16(6-2)9-10-19-13-7-8-14(20(15,17)18)12(4)11(13)3/h7-8H,5-6,9-10H2,1-4H3. The molecule has 0 N–H and O–H groups in total. The Bertz CT molecular complexity index is 554. The van der Waals surface area contributed by atoms with Gasteiger partial charge in [0.25, 0.3) is 9.05 Å². The van der Waals surface area contributed by atoms with E-state index in [1.165, 1.54) is 6.07 Å². The van der Waals surface area contributed by atoms with Gasteiger partial charge in [0.15, 0.2) is 0 Å². The maximum atomic E-state index is 11.4. The number of hydrogen-bond donors (Lipinski definition) is 0. The summed E-state index contributed by atoms with van der Waals surface area (Å²) in [6.07, 6.45) is 0. The molecule has 6 heteroatoms. The second-order valence-electron chi connectivity index (χ2n) is 4.63. The van der Waals surface area contributed by atoms with E-state index < -0.39 is 9.05 Å². The van der Waals surface area contributed by atoms with E-state index >= 15 is 0 Å². The van der Waals surface area contributed by atoms with Gasteiger partial charge in [0.1, 0.15) is 12.4 Å². The number of halogens is 1. The van der Waals surface area contributed by atoms with Crippen LogP contribution in [0.15, 0.2) is 17.0 Å². The van der Waals surface area contributed by atoms with Crippen LogP contribution in [0, 0.1) is 13.8 Å². The lowest BCUT2D eigenvalue weighted by molar-refractivity contribution is 0.222. The van der Waals surface area contributed by atoms with E-state index in [0.717, 1.165) is 25.2 Å². The van der Waals surface area contributed by atoms with Crippen LogP contribution < -0.4 is 4.74 Å². The molecule has 0 aliphatic carbocycles. The molecule has 4 nitrogen and oxygen atoms in total. The minimum Gasteiger partial charge on any atom is -0.492 e.